The number of nitrogens with one attached hydrogen (secondary N) is 1. The molecule has 0 unspecified atom stereocenters. The van der Waals surface area contributed by atoms with E-state index in [9.17, 15) is 0 Å². The fraction of sp³-hybridized carbons (Fsp3) is 0.625. The zero-order valence-electron chi connectivity index (χ0n) is 11.6. The van der Waals surface area contributed by atoms with E-state index in [4.69, 9.17) is 0 Å². The topological polar surface area (TPSA) is 15.3 Å². The molecular formula is C16H24N2. The van der Waals surface area contributed by atoms with E-state index in [1.165, 1.54) is 38.0 Å². The first-order chi connectivity index (χ1) is 8.66. The van der Waals surface area contributed by atoms with Crippen LogP contribution >= 0.6 is 0 Å². The molecule has 18 heavy (non-hydrogen) atoms. The fourth-order valence-corrected chi connectivity index (χ4v) is 3.15. The zero-order chi connectivity index (χ0) is 12.6. The minimum atomic E-state index is 0.531. The highest BCUT2D eigenvalue weighted by atomic mass is 15.1. The van der Waals surface area contributed by atoms with Gasteiger partial charge in [0.15, 0.2) is 0 Å². The van der Waals surface area contributed by atoms with Crippen LogP contribution in [-0.2, 0) is 13.0 Å². The second-order valence-electron chi connectivity index (χ2n) is 6.49. The van der Waals surface area contributed by atoms with Crippen LogP contribution in [-0.4, -0.2) is 19.6 Å². The number of nitrogens with zero attached hydrogens (tertiary/aromatic N) is 1. The smallest absolute Gasteiger partial charge is 0.0414 e. The van der Waals surface area contributed by atoms with Crippen LogP contribution in [0.2, 0.25) is 0 Å². The molecule has 0 bridgehead atoms. The first-order valence-corrected chi connectivity index (χ1v) is 7.22. The molecular weight excluding hydrogens is 220 g/mol. The van der Waals surface area contributed by atoms with E-state index in [1.807, 2.05) is 0 Å². The molecule has 2 aliphatic rings. The van der Waals surface area contributed by atoms with Gasteiger partial charge in [-0.15, -0.1) is 0 Å². The zero-order valence-corrected chi connectivity index (χ0v) is 11.6. The summed E-state index contributed by atoms with van der Waals surface area (Å²) in [6.07, 6.45) is 3.80. The van der Waals surface area contributed by atoms with E-state index in [0.29, 0.717) is 5.41 Å². The van der Waals surface area contributed by atoms with Gasteiger partial charge < -0.3 is 10.2 Å². The van der Waals surface area contributed by atoms with E-state index >= 15 is 0 Å². The number of benzene rings is 1. The molecule has 2 nitrogen and oxygen atoms in total. The summed E-state index contributed by atoms with van der Waals surface area (Å²) in [4.78, 5) is 2.59. The molecule has 1 aromatic rings. The van der Waals surface area contributed by atoms with Gasteiger partial charge in [0, 0.05) is 25.3 Å². The lowest BCUT2D eigenvalue weighted by molar-refractivity contribution is 0.279. The summed E-state index contributed by atoms with van der Waals surface area (Å²) >= 11 is 0. The largest absolute Gasteiger partial charge is 0.371 e. The average molecular weight is 244 g/mol. The molecule has 1 saturated heterocycles. The SMILES string of the molecule is CC1(C)CCN(c2cccc3c2CNCC3)CC1. The van der Waals surface area contributed by atoms with Gasteiger partial charge in [-0.25, -0.2) is 0 Å². The fourth-order valence-electron chi connectivity index (χ4n) is 3.15. The maximum atomic E-state index is 3.51. The molecule has 0 spiro atoms. The molecule has 1 aromatic carbocycles. The first kappa shape index (κ1) is 12.0. The van der Waals surface area contributed by atoms with Crippen LogP contribution in [0, 0.1) is 5.41 Å². The highest BCUT2D eigenvalue weighted by Gasteiger charge is 2.27. The molecule has 1 N–H and O–H groups in total. The molecule has 0 aliphatic carbocycles. The maximum Gasteiger partial charge on any atom is 0.0414 e. The third-order valence-corrected chi connectivity index (χ3v) is 4.58. The Morgan fingerprint density at radius 2 is 1.94 bits per heavy atom. The standard InChI is InChI=1S/C16H24N2/c1-16(2)7-10-18(11-8-16)15-5-3-4-13-6-9-17-12-14(13)15/h3-5,17H,6-12H2,1-2H3. The molecule has 2 heteroatoms. The van der Waals surface area contributed by atoms with Gasteiger partial charge in [0.05, 0.1) is 0 Å². The van der Waals surface area contributed by atoms with Crippen LogP contribution in [0.3, 0.4) is 0 Å². The van der Waals surface area contributed by atoms with Gasteiger partial charge in [-0.3, -0.25) is 0 Å². The van der Waals surface area contributed by atoms with Crippen LogP contribution in [0.1, 0.15) is 37.8 Å². The third kappa shape index (κ3) is 2.26. The Hall–Kier alpha value is -1.02. The molecule has 0 amide bonds. The van der Waals surface area contributed by atoms with E-state index in [1.54, 1.807) is 11.1 Å². The Balaban J connectivity index is 1.85. The van der Waals surface area contributed by atoms with Crippen molar-refractivity contribution in [2.45, 2.75) is 39.7 Å². The monoisotopic (exact) mass is 244 g/mol. The van der Waals surface area contributed by atoms with Crippen molar-refractivity contribution in [2.24, 2.45) is 5.41 Å². The van der Waals surface area contributed by atoms with Gasteiger partial charge in [-0.1, -0.05) is 26.0 Å². The number of fused-ring (bicyclic) bond motifs is 1. The number of hydrogen-bond donors (Lipinski definition) is 1. The molecule has 0 radical (unpaired) electrons. The summed E-state index contributed by atoms with van der Waals surface area (Å²) in [5.74, 6) is 0. The summed E-state index contributed by atoms with van der Waals surface area (Å²) in [6.45, 7) is 9.39. The van der Waals surface area contributed by atoms with Gasteiger partial charge in [-0.05, 0) is 48.4 Å². The molecule has 2 aliphatic heterocycles. The van der Waals surface area contributed by atoms with Crippen molar-refractivity contribution in [3.05, 3.63) is 29.3 Å². The lowest BCUT2D eigenvalue weighted by atomic mass is 9.82. The van der Waals surface area contributed by atoms with Crippen molar-refractivity contribution < 1.29 is 0 Å². The number of piperidine rings is 1. The molecule has 0 atom stereocenters. The van der Waals surface area contributed by atoms with Gasteiger partial charge >= 0.3 is 0 Å². The summed E-state index contributed by atoms with van der Waals surface area (Å²) in [7, 11) is 0. The predicted octanol–water partition coefficient (Wildman–Crippen LogP) is 2.96. The summed E-state index contributed by atoms with van der Waals surface area (Å²) < 4.78 is 0. The molecule has 0 saturated carbocycles. The van der Waals surface area contributed by atoms with E-state index in [2.05, 4.69) is 42.3 Å². The molecule has 2 heterocycles. The lowest BCUT2D eigenvalue weighted by Gasteiger charge is -2.39. The summed E-state index contributed by atoms with van der Waals surface area (Å²) in [5, 5.41) is 3.51. The van der Waals surface area contributed by atoms with E-state index < -0.39 is 0 Å². The van der Waals surface area contributed by atoms with Gasteiger partial charge in [0.1, 0.15) is 0 Å². The van der Waals surface area contributed by atoms with Crippen LogP contribution in [0.4, 0.5) is 5.69 Å². The Morgan fingerprint density at radius 1 is 1.17 bits per heavy atom. The van der Waals surface area contributed by atoms with Crippen LogP contribution in [0.15, 0.2) is 18.2 Å². The minimum absolute atomic E-state index is 0.531. The van der Waals surface area contributed by atoms with Gasteiger partial charge in [0.2, 0.25) is 0 Å². The van der Waals surface area contributed by atoms with Crippen LogP contribution in [0.5, 0.6) is 0 Å². The van der Waals surface area contributed by atoms with Crippen molar-refractivity contribution in [1.29, 1.82) is 0 Å². The average Bonchev–Trinajstić information content (AvgIpc) is 2.38. The van der Waals surface area contributed by atoms with Gasteiger partial charge in [0.25, 0.3) is 0 Å². The van der Waals surface area contributed by atoms with Crippen molar-refractivity contribution in [1.82, 2.24) is 5.32 Å². The summed E-state index contributed by atoms with van der Waals surface area (Å²) in [6, 6.07) is 6.84. The Bertz CT molecular complexity index is 427. The lowest BCUT2D eigenvalue weighted by Crippen LogP contribution is -2.38. The van der Waals surface area contributed by atoms with E-state index in [0.717, 1.165) is 13.1 Å². The number of hydrogen-bond acceptors (Lipinski definition) is 2. The van der Waals surface area contributed by atoms with Gasteiger partial charge in [-0.2, -0.15) is 0 Å². The number of rotatable bonds is 1. The molecule has 0 aromatic heterocycles. The quantitative estimate of drug-likeness (QED) is 0.817. The minimum Gasteiger partial charge on any atom is -0.371 e. The van der Waals surface area contributed by atoms with Crippen LogP contribution in [0.25, 0.3) is 0 Å². The second-order valence-corrected chi connectivity index (χ2v) is 6.49. The summed E-state index contributed by atoms with van der Waals surface area (Å²) in [5.41, 5.74) is 5.11. The van der Waals surface area contributed by atoms with Crippen molar-refractivity contribution in [2.75, 3.05) is 24.5 Å². The maximum absolute atomic E-state index is 3.51. The van der Waals surface area contributed by atoms with Crippen molar-refractivity contribution in [3.63, 3.8) is 0 Å². The third-order valence-electron chi connectivity index (χ3n) is 4.58. The van der Waals surface area contributed by atoms with E-state index in [-0.39, 0.29) is 0 Å². The Morgan fingerprint density at radius 3 is 2.72 bits per heavy atom. The normalized spacial score (nSPS) is 22.7. The first-order valence-electron chi connectivity index (χ1n) is 7.22. The Labute approximate surface area is 110 Å². The number of anilines is 1. The molecule has 1 fully saturated rings. The highest BCUT2D eigenvalue weighted by Crippen LogP contribution is 2.34. The second kappa shape index (κ2) is 4.58. The van der Waals surface area contributed by atoms with Crippen molar-refractivity contribution in [3.8, 4) is 0 Å². The van der Waals surface area contributed by atoms with Crippen molar-refractivity contribution >= 4 is 5.69 Å². The van der Waals surface area contributed by atoms with Crippen LogP contribution < -0.4 is 10.2 Å². The molecule has 98 valence electrons. The highest BCUT2D eigenvalue weighted by molar-refractivity contribution is 5.58. The molecule has 3 rings (SSSR count). The predicted molar refractivity (Wildman–Crippen MR) is 77.1 cm³/mol. The Kier molecular flexibility index (Phi) is 3.06.